The van der Waals surface area contributed by atoms with Gasteiger partial charge in [-0.05, 0) is 46.2 Å². The molecule has 3 heterocycles. The van der Waals surface area contributed by atoms with Crippen LogP contribution in [0.15, 0.2) is 35.1 Å². The van der Waals surface area contributed by atoms with Gasteiger partial charge < -0.3 is 25.0 Å². The summed E-state index contributed by atoms with van der Waals surface area (Å²) in [5, 5.41) is 6.28. The van der Waals surface area contributed by atoms with Crippen molar-refractivity contribution < 1.29 is 19.1 Å². The molecule has 1 saturated heterocycles. The molecule has 0 atom stereocenters. The van der Waals surface area contributed by atoms with E-state index in [2.05, 4.69) is 20.6 Å². The molecule has 2 amide bonds. The van der Waals surface area contributed by atoms with Gasteiger partial charge in [-0.3, -0.25) is 9.59 Å². The number of hydrogen-bond acceptors (Lipinski definition) is 8. The quantitative estimate of drug-likeness (QED) is 0.671. The van der Waals surface area contributed by atoms with Crippen LogP contribution in [0.5, 0.6) is 16.7 Å². The highest BCUT2D eigenvalue weighted by Crippen LogP contribution is 2.33. The number of rotatable bonds is 6. The van der Waals surface area contributed by atoms with E-state index >= 15 is 0 Å². The number of aryl methyl sites for hydroxylation is 1. The van der Waals surface area contributed by atoms with Crippen molar-refractivity contribution in [2.75, 3.05) is 19.6 Å². The van der Waals surface area contributed by atoms with Crippen LogP contribution in [-0.2, 0) is 0 Å². The molecule has 1 fully saturated rings. The number of carbonyl (C=O) groups is 2. The van der Waals surface area contributed by atoms with Crippen LogP contribution in [0.4, 0.5) is 0 Å². The number of aliphatic imine (C=N–C) groups is 1. The fourth-order valence-corrected chi connectivity index (χ4v) is 4.15. The molecule has 4 rings (SSSR count). The Morgan fingerprint density at radius 3 is 2.58 bits per heavy atom. The lowest BCUT2D eigenvalue weighted by atomic mass is 10.2. The zero-order valence-corrected chi connectivity index (χ0v) is 19.9. The number of ether oxygens (including phenoxy) is 2. The van der Waals surface area contributed by atoms with E-state index in [4.69, 9.17) is 9.47 Å². The number of benzene rings is 1. The van der Waals surface area contributed by atoms with Crippen LogP contribution in [0.3, 0.4) is 0 Å². The Labute approximate surface area is 196 Å². The van der Waals surface area contributed by atoms with Crippen molar-refractivity contribution in [2.45, 2.75) is 40.2 Å². The number of aromatic nitrogens is 1. The van der Waals surface area contributed by atoms with Gasteiger partial charge in [-0.25, -0.2) is 9.98 Å². The van der Waals surface area contributed by atoms with Crippen molar-refractivity contribution in [3.8, 4) is 16.7 Å². The predicted molar refractivity (Wildman–Crippen MR) is 126 cm³/mol. The normalized spacial score (nSPS) is 15.2. The van der Waals surface area contributed by atoms with E-state index in [1.165, 1.54) is 11.3 Å². The summed E-state index contributed by atoms with van der Waals surface area (Å²) in [5.41, 5.74) is 1.93. The van der Waals surface area contributed by atoms with Crippen molar-refractivity contribution in [1.29, 1.82) is 0 Å². The van der Waals surface area contributed by atoms with Crippen LogP contribution < -0.4 is 20.1 Å². The second-order valence-corrected chi connectivity index (χ2v) is 9.16. The monoisotopic (exact) mass is 469 g/mol. The number of hydrogen-bond donors (Lipinski definition) is 2. The second-order valence-electron chi connectivity index (χ2n) is 8.20. The Balaban J connectivity index is 1.56. The Morgan fingerprint density at radius 1 is 1.18 bits per heavy atom. The molecule has 2 aliphatic heterocycles. The molecule has 0 aliphatic carbocycles. The van der Waals surface area contributed by atoms with Crippen LogP contribution in [0.2, 0.25) is 0 Å². The SMILES string of the molecule is CC1=CN=C(NC(=O)c2cc(Oc3nc(C)c(C(=O)N4CCC4)s3)cc(OC(C)C)c2)CN1. The second kappa shape index (κ2) is 9.62. The molecule has 174 valence electrons. The molecule has 10 heteroatoms. The van der Waals surface area contributed by atoms with Gasteiger partial charge in [-0.1, -0.05) is 11.3 Å². The number of likely N-dealkylation sites (tertiary alicyclic amines) is 1. The molecule has 1 aromatic heterocycles. The molecule has 0 unspecified atom stereocenters. The summed E-state index contributed by atoms with van der Waals surface area (Å²) >= 11 is 1.20. The van der Waals surface area contributed by atoms with Crippen LogP contribution in [0.1, 0.15) is 52.9 Å². The van der Waals surface area contributed by atoms with Gasteiger partial charge in [0.2, 0.25) is 0 Å². The Hall–Kier alpha value is -3.40. The summed E-state index contributed by atoms with van der Waals surface area (Å²) in [6, 6.07) is 4.98. The van der Waals surface area contributed by atoms with Crippen LogP contribution >= 0.6 is 11.3 Å². The number of thiazole rings is 1. The summed E-state index contributed by atoms with van der Waals surface area (Å²) in [4.78, 5) is 36.5. The maximum absolute atomic E-state index is 12.9. The predicted octanol–water partition coefficient (Wildman–Crippen LogP) is 3.47. The lowest BCUT2D eigenvalue weighted by Gasteiger charge is -2.30. The molecule has 0 radical (unpaired) electrons. The third-order valence-corrected chi connectivity index (χ3v) is 6.06. The lowest BCUT2D eigenvalue weighted by molar-refractivity contribution is 0.0655. The zero-order valence-electron chi connectivity index (χ0n) is 19.1. The van der Waals surface area contributed by atoms with Gasteiger partial charge >= 0.3 is 0 Å². The van der Waals surface area contributed by atoms with Crippen molar-refractivity contribution in [1.82, 2.24) is 20.5 Å². The summed E-state index contributed by atoms with van der Waals surface area (Å²) < 4.78 is 11.8. The summed E-state index contributed by atoms with van der Waals surface area (Å²) in [6.45, 7) is 9.49. The van der Waals surface area contributed by atoms with E-state index in [0.717, 1.165) is 25.2 Å². The molecule has 2 N–H and O–H groups in total. The molecule has 0 spiro atoms. The summed E-state index contributed by atoms with van der Waals surface area (Å²) in [7, 11) is 0. The minimum Gasteiger partial charge on any atom is -0.491 e. The number of nitrogens with zero attached hydrogens (tertiary/aromatic N) is 3. The van der Waals surface area contributed by atoms with Crippen LogP contribution in [0.25, 0.3) is 0 Å². The van der Waals surface area contributed by atoms with Crippen molar-refractivity contribution in [3.05, 3.63) is 46.2 Å². The molecular formula is C23H27N5O4S. The molecule has 0 saturated carbocycles. The first-order valence-electron chi connectivity index (χ1n) is 10.8. The number of amides is 2. The minimum atomic E-state index is -0.327. The highest BCUT2D eigenvalue weighted by Gasteiger charge is 2.26. The van der Waals surface area contributed by atoms with Gasteiger partial charge in [-0.2, -0.15) is 0 Å². The number of carbonyl (C=O) groups excluding carboxylic acids is 2. The van der Waals surface area contributed by atoms with Crippen molar-refractivity contribution >= 4 is 29.0 Å². The van der Waals surface area contributed by atoms with E-state index in [9.17, 15) is 9.59 Å². The standard InChI is InChI=1S/C23H27N5O4S/c1-13(2)31-17-8-16(21(29)27-19-12-24-14(3)11-25-19)9-18(10-17)32-23-26-15(4)20(33-23)22(30)28-6-5-7-28/h8-11,13,24H,5-7,12H2,1-4H3,(H,25,27,29). The summed E-state index contributed by atoms with van der Waals surface area (Å²) in [5.74, 6) is 1.07. The number of amidine groups is 1. The molecular weight excluding hydrogens is 442 g/mol. The first-order chi connectivity index (χ1) is 15.8. The Morgan fingerprint density at radius 2 is 1.94 bits per heavy atom. The minimum absolute atomic E-state index is 0.0192. The molecule has 1 aromatic carbocycles. The van der Waals surface area contributed by atoms with E-state index in [1.807, 2.05) is 20.8 Å². The smallest absolute Gasteiger partial charge is 0.279 e. The van der Waals surface area contributed by atoms with E-state index in [-0.39, 0.29) is 17.9 Å². The van der Waals surface area contributed by atoms with Crippen LogP contribution in [-0.4, -0.2) is 53.3 Å². The van der Waals surface area contributed by atoms with Crippen molar-refractivity contribution in [2.24, 2.45) is 4.99 Å². The molecule has 2 aliphatic rings. The van der Waals surface area contributed by atoms with E-state index in [1.54, 1.807) is 36.2 Å². The Bertz CT molecular complexity index is 1130. The molecule has 33 heavy (non-hydrogen) atoms. The molecule has 2 aromatic rings. The first-order valence-corrected chi connectivity index (χ1v) is 11.6. The van der Waals surface area contributed by atoms with E-state index < -0.39 is 0 Å². The Kier molecular flexibility index (Phi) is 6.64. The zero-order chi connectivity index (χ0) is 23.5. The lowest BCUT2D eigenvalue weighted by Crippen LogP contribution is -2.41. The average Bonchev–Trinajstić information content (AvgIpc) is 3.07. The fourth-order valence-electron chi connectivity index (χ4n) is 3.25. The highest BCUT2D eigenvalue weighted by molar-refractivity contribution is 7.15. The third kappa shape index (κ3) is 5.51. The first kappa shape index (κ1) is 22.8. The van der Waals surface area contributed by atoms with Gasteiger partial charge in [0.05, 0.1) is 18.3 Å². The molecule has 0 bridgehead atoms. The molecule has 9 nitrogen and oxygen atoms in total. The third-order valence-electron chi connectivity index (χ3n) is 5.04. The van der Waals surface area contributed by atoms with Gasteiger partial charge in [0.15, 0.2) is 0 Å². The fraction of sp³-hybridized carbons (Fsp3) is 0.391. The van der Waals surface area contributed by atoms with Gasteiger partial charge in [-0.15, -0.1) is 0 Å². The highest BCUT2D eigenvalue weighted by atomic mass is 32.1. The van der Waals surface area contributed by atoms with Crippen molar-refractivity contribution in [3.63, 3.8) is 0 Å². The largest absolute Gasteiger partial charge is 0.491 e. The van der Waals surface area contributed by atoms with E-state index in [0.29, 0.717) is 45.2 Å². The van der Waals surface area contributed by atoms with Gasteiger partial charge in [0.25, 0.3) is 17.0 Å². The number of allylic oxidation sites excluding steroid dienone is 1. The van der Waals surface area contributed by atoms with Crippen LogP contribution in [0, 0.1) is 6.92 Å². The van der Waals surface area contributed by atoms with Gasteiger partial charge in [0, 0.05) is 36.6 Å². The maximum atomic E-state index is 12.9. The van der Waals surface area contributed by atoms with Gasteiger partial charge in [0.1, 0.15) is 22.2 Å². The topological polar surface area (TPSA) is 105 Å². The number of nitrogens with one attached hydrogen (secondary N) is 2. The maximum Gasteiger partial charge on any atom is 0.279 e. The average molecular weight is 470 g/mol. The summed E-state index contributed by atoms with van der Waals surface area (Å²) in [6.07, 6.45) is 2.60.